The number of likely N-dealkylation sites (tertiary alicyclic amines) is 1. The van der Waals surface area contributed by atoms with Crippen LogP contribution in [0, 0.1) is 0 Å². The monoisotopic (exact) mass is 328 g/mol. The fourth-order valence-corrected chi connectivity index (χ4v) is 2.78. The van der Waals surface area contributed by atoms with Crippen LogP contribution in [-0.2, 0) is 4.74 Å². The van der Waals surface area contributed by atoms with Gasteiger partial charge in [0.15, 0.2) is 0 Å². The van der Waals surface area contributed by atoms with Gasteiger partial charge in [-0.1, -0.05) is 0 Å². The maximum Gasteiger partial charge on any atom is 0.343 e. The number of carbonyl (C=O) groups is 2. The first-order chi connectivity index (χ1) is 11.6. The molecule has 1 aromatic carbocycles. The molecule has 0 bridgehead atoms. The van der Waals surface area contributed by atoms with Crippen LogP contribution in [0.3, 0.4) is 0 Å². The number of ether oxygens (including phenoxy) is 1. The third-order valence-corrected chi connectivity index (χ3v) is 4.05. The van der Waals surface area contributed by atoms with Crippen molar-refractivity contribution in [2.75, 3.05) is 25.4 Å². The second kappa shape index (κ2) is 6.74. The van der Waals surface area contributed by atoms with Gasteiger partial charge in [-0.2, -0.15) is 5.10 Å². The van der Waals surface area contributed by atoms with E-state index in [9.17, 15) is 9.59 Å². The zero-order chi connectivity index (χ0) is 17.1. The fraction of sp³-hybridized carbons (Fsp3) is 0.353. The predicted octanol–water partition coefficient (Wildman–Crippen LogP) is 1.87. The van der Waals surface area contributed by atoms with Gasteiger partial charge in [0, 0.05) is 18.7 Å². The summed E-state index contributed by atoms with van der Waals surface area (Å²) in [6.07, 6.45) is 3.51. The molecule has 0 unspecified atom stereocenters. The molecule has 0 spiro atoms. The maximum absolute atomic E-state index is 12.3. The molecular weight excluding hydrogens is 308 g/mol. The fourth-order valence-electron chi connectivity index (χ4n) is 2.78. The summed E-state index contributed by atoms with van der Waals surface area (Å²) in [5, 5.41) is 4.14. The van der Waals surface area contributed by atoms with Gasteiger partial charge in [-0.3, -0.25) is 4.79 Å². The lowest BCUT2D eigenvalue weighted by Gasteiger charge is -2.15. The molecule has 0 aliphatic carbocycles. The van der Waals surface area contributed by atoms with E-state index in [1.807, 2.05) is 4.90 Å². The topological polar surface area (TPSA) is 90.4 Å². The van der Waals surface area contributed by atoms with E-state index >= 15 is 0 Å². The van der Waals surface area contributed by atoms with Gasteiger partial charge >= 0.3 is 5.97 Å². The van der Waals surface area contributed by atoms with Crippen LogP contribution >= 0.6 is 0 Å². The average molecular weight is 328 g/mol. The number of aromatic nitrogens is 2. The molecule has 1 aromatic heterocycles. The molecule has 2 aromatic rings. The number of nitrogen functional groups attached to an aromatic ring is 1. The molecule has 2 heterocycles. The molecule has 0 radical (unpaired) electrons. The third kappa shape index (κ3) is 2.97. The van der Waals surface area contributed by atoms with Gasteiger partial charge in [0.2, 0.25) is 0 Å². The molecule has 2 N–H and O–H groups in total. The van der Waals surface area contributed by atoms with E-state index in [4.69, 9.17) is 10.5 Å². The van der Waals surface area contributed by atoms with Crippen molar-refractivity contribution < 1.29 is 14.3 Å². The Morgan fingerprint density at radius 1 is 1.21 bits per heavy atom. The lowest BCUT2D eigenvalue weighted by molar-refractivity contribution is 0.0527. The number of hydrogen-bond acceptors (Lipinski definition) is 5. The van der Waals surface area contributed by atoms with Crippen molar-refractivity contribution in [1.29, 1.82) is 0 Å². The summed E-state index contributed by atoms with van der Waals surface area (Å²) in [6.45, 7) is 3.64. The number of nitrogens with zero attached hydrogens (tertiary/aromatic N) is 3. The molecule has 1 aliphatic rings. The van der Waals surface area contributed by atoms with Crippen LogP contribution in [0.15, 0.2) is 30.5 Å². The van der Waals surface area contributed by atoms with Gasteiger partial charge in [0.05, 0.1) is 18.5 Å². The van der Waals surface area contributed by atoms with Crippen LogP contribution in [0.2, 0.25) is 0 Å². The highest BCUT2D eigenvalue weighted by molar-refractivity contribution is 5.95. The second-order valence-electron chi connectivity index (χ2n) is 5.62. The Bertz CT molecular complexity index is 746. The number of benzene rings is 1. The number of nitrogens with two attached hydrogens (primary N) is 1. The van der Waals surface area contributed by atoms with E-state index in [2.05, 4.69) is 5.10 Å². The molecule has 24 heavy (non-hydrogen) atoms. The van der Waals surface area contributed by atoms with Crippen molar-refractivity contribution in [3.63, 3.8) is 0 Å². The maximum atomic E-state index is 12.3. The average Bonchev–Trinajstić information content (AvgIpc) is 3.24. The smallest absolute Gasteiger partial charge is 0.343 e. The van der Waals surface area contributed by atoms with Gasteiger partial charge < -0.3 is 15.4 Å². The standard InChI is InChI=1S/C17H20N4O3/c1-2-24-17(23)14-11-19-21(15(14)18)13-7-5-12(6-8-13)16(22)20-9-3-4-10-20/h5-8,11H,2-4,9-10,18H2,1H3. The van der Waals surface area contributed by atoms with Crippen molar-refractivity contribution in [2.45, 2.75) is 19.8 Å². The highest BCUT2D eigenvalue weighted by Gasteiger charge is 2.20. The van der Waals surface area contributed by atoms with Crippen LogP contribution in [-0.4, -0.2) is 46.3 Å². The molecular formula is C17H20N4O3. The van der Waals surface area contributed by atoms with Crippen LogP contribution in [0.4, 0.5) is 5.82 Å². The second-order valence-corrected chi connectivity index (χ2v) is 5.62. The minimum absolute atomic E-state index is 0.0414. The Labute approximate surface area is 140 Å². The number of rotatable bonds is 4. The van der Waals surface area contributed by atoms with Crippen molar-refractivity contribution in [2.24, 2.45) is 0 Å². The first-order valence-corrected chi connectivity index (χ1v) is 8.02. The Hall–Kier alpha value is -2.83. The van der Waals surface area contributed by atoms with E-state index in [-0.39, 0.29) is 23.9 Å². The van der Waals surface area contributed by atoms with Crippen molar-refractivity contribution >= 4 is 17.7 Å². The van der Waals surface area contributed by atoms with E-state index < -0.39 is 5.97 Å². The van der Waals surface area contributed by atoms with E-state index in [1.54, 1.807) is 31.2 Å². The van der Waals surface area contributed by atoms with Crippen LogP contribution in [0.25, 0.3) is 5.69 Å². The molecule has 1 aliphatic heterocycles. The Morgan fingerprint density at radius 2 is 1.88 bits per heavy atom. The lowest BCUT2D eigenvalue weighted by Crippen LogP contribution is -2.27. The molecule has 126 valence electrons. The molecule has 0 atom stereocenters. The summed E-state index contributed by atoms with van der Waals surface area (Å²) in [7, 11) is 0. The first-order valence-electron chi connectivity index (χ1n) is 8.02. The summed E-state index contributed by atoms with van der Waals surface area (Å²) < 4.78 is 6.40. The zero-order valence-electron chi connectivity index (χ0n) is 13.6. The summed E-state index contributed by atoms with van der Waals surface area (Å²) in [5.74, 6) is -0.242. The zero-order valence-corrected chi connectivity index (χ0v) is 13.6. The van der Waals surface area contributed by atoms with E-state index in [1.165, 1.54) is 10.9 Å². The Kier molecular flexibility index (Phi) is 4.50. The number of carbonyl (C=O) groups excluding carboxylic acids is 2. The van der Waals surface area contributed by atoms with Gasteiger partial charge in [-0.15, -0.1) is 0 Å². The normalized spacial score (nSPS) is 14.0. The number of esters is 1. The summed E-state index contributed by atoms with van der Waals surface area (Å²) in [4.78, 5) is 26.0. The van der Waals surface area contributed by atoms with Gasteiger partial charge in [-0.05, 0) is 44.0 Å². The van der Waals surface area contributed by atoms with Crippen LogP contribution in [0.5, 0.6) is 0 Å². The van der Waals surface area contributed by atoms with Crippen molar-refractivity contribution in [3.8, 4) is 5.69 Å². The largest absolute Gasteiger partial charge is 0.462 e. The molecule has 1 saturated heterocycles. The Balaban J connectivity index is 1.81. The number of hydrogen-bond donors (Lipinski definition) is 1. The van der Waals surface area contributed by atoms with Crippen molar-refractivity contribution in [1.82, 2.24) is 14.7 Å². The van der Waals surface area contributed by atoms with Crippen LogP contribution in [0.1, 0.15) is 40.5 Å². The molecule has 1 fully saturated rings. The number of anilines is 1. The molecule has 7 nitrogen and oxygen atoms in total. The minimum Gasteiger partial charge on any atom is -0.462 e. The summed E-state index contributed by atoms with van der Waals surface area (Å²) in [5.41, 5.74) is 7.54. The predicted molar refractivity (Wildman–Crippen MR) is 89.1 cm³/mol. The summed E-state index contributed by atoms with van der Waals surface area (Å²) >= 11 is 0. The minimum atomic E-state index is -0.498. The molecule has 0 saturated carbocycles. The van der Waals surface area contributed by atoms with Crippen molar-refractivity contribution in [3.05, 3.63) is 41.6 Å². The van der Waals surface area contributed by atoms with Gasteiger partial charge in [0.25, 0.3) is 5.91 Å². The highest BCUT2D eigenvalue weighted by Crippen LogP contribution is 2.19. The van der Waals surface area contributed by atoms with Gasteiger partial charge in [0.1, 0.15) is 11.4 Å². The third-order valence-electron chi connectivity index (χ3n) is 4.05. The number of amides is 1. The molecule has 1 amide bonds. The van der Waals surface area contributed by atoms with Gasteiger partial charge in [-0.25, -0.2) is 9.48 Å². The van der Waals surface area contributed by atoms with E-state index in [0.717, 1.165) is 25.9 Å². The summed E-state index contributed by atoms with van der Waals surface area (Å²) in [6, 6.07) is 7.03. The lowest BCUT2D eigenvalue weighted by atomic mass is 10.2. The molecule has 3 rings (SSSR count). The van der Waals surface area contributed by atoms with E-state index in [0.29, 0.717) is 11.3 Å². The first kappa shape index (κ1) is 16.0. The quantitative estimate of drug-likeness (QED) is 0.865. The highest BCUT2D eigenvalue weighted by atomic mass is 16.5. The Morgan fingerprint density at radius 3 is 2.50 bits per heavy atom. The SMILES string of the molecule is CCOC(=O)c1cnn(-c2ccc(C(=O)N3CCCC3)cc2)c1N. The molecule has 7 heteroatoms. The van der Waals surface area contributed by atoms with Crippen LogP contribution < -0.4 is 5.73 Å².